The molecule has 1 saturated heterocycles. The summed E-state index contributed by atoms with van der Waals surface area (Å²) >= 11 is 0. The molecule has 2 aromatic rings. The number of hydrogen-bond acceptors (Lipinski definition) is 6. The molecule has 0 saturated carbocycles. The molecule has 3 heterocycles. The molecule has 27 heavy (non-hydrogen) atoms. The van der Waals surface area contributed by atoms with Crippen molar-refractivity contribution in [3.63, 3.8) is 0 Å². The predicted octanol–water partition coefficient (Wildman–Crippen LogP) is 1.75. The third-order valence-electron chi connectivity index (χ3n) is 4.84. The van der Waals surface area contributed by atoms with E-state index in [1.807, 2.05) is 12.1 Å². The second kappa shape index (κ2) is 7.77. The third-order valence-corrected chi connectivity index (χ3v) is 6.95. The molecule has 1 unspecified atom stereocenters. The van der Waals surface area contributed by atoms with E-state index in [1.165, 1.54) is 4.31 Å². The summed E-state index contributed by atoms with van der Waals surface area (Å²) in [7, 11) is -1.99. The lowest BCUT2D eigenvalue weighted by molar-refractivity contribution is -0.135. The van der Waals surface area contributed by atoms with Crippen molar-refractivity contribution in [1.29, 1.82) is 0 Å². The van der Waals surface area contributed by atoms with Crippen molar-refractivity contribution in [2.75, 3.05) is 20.1 Å². The third kappa shape index (κ3) is 4.03. The summed E-state index contributed by atoms with van der Waals surface area (Å²) in [5, 5.41) is 3.75. The molecule has 1 fully saturated rings. The normalized spacial score (nSPS) is 18.4. The second-order valence-corrected chi connectivity index (χ2v) is 8.78. The number of aryl methyl sites for hydroxylation is 2. The van der Waals surface area contributed by atoms with Crippen molar-refractivity contribution in [2.45, 2.75) is 38.1 Å². The van der Waals surface area contributed by atoms with Crippen molar-refractivity contribution < 1.29 is 17.7 Å². The lowest BCUT2D eigenvalue weighted by Gasteiger charge is -2.33. The fourth-order valence-corrected chi connectivity index (χ4v) is 5.30. The minimum Gasteiger partial charge on any atom is -0.360 e. The standard InChI is InChI=1S/C18H24N4O4S/c1-13-17(14(2)26-20-13)27(24,25)22-10-4-5-16(12-22)18(23)21(3)11-15-6-8-19-9-7-15/h6-9,16H,4-5,10-12H2,1-3H3. The lowest BCUT2D eigenvalue weighted by Crippen LogP contribution is -2.45. The van der Waals surface area contributed by atoms with Gasteiger partial charge in [0.05, 0.1) is 5.92 Å². The van der Waals surface area contributed by atoms with Gasteiger partial charge in [-0.15, -0.1) is 0 Å². The number of pyridine rings is 1. The second-order valence-electron chi connectivity index (χ2n) is 6.91. The van der Waals surface area contributed by atoms with Crippen LogP contribution >= 0.6 is 0 Å². The van der Waals surface area contributed by atoms with Crippen molar-refractivity contribution >= 4 is 15.9 Å². The number of carbonyl (C=O) groups excluding carboxylic acids is 1. The first-order chi connectivity index (χ1) is 12.8. The fraction of sp³-hybridized carbons (Fsp3) is 0.500. The predicted molar refractivity (Wildman–Crippen MR) is 98.2 cm³/mol. The maximum Gasteiger partial charge on any atom is 0.248 e. The quantitative estimate of drug-likeness (QED) is 0.769. The summed E-state index contributed by atoms with van der Waals surface area (Å²) in [6.07, 6.45) is 4.69. The summed E-state index contributed by atoms with van der Waals surface area (Å²) in [6.45, 7) is 4.23. The average molecular weight is 392 g/mol. The minimum absolute atomic E-state index is 0.0505. The maximum absolute atomic E-state index is 13.0. The molecule has 0 N–H and O–H groups in total. The van der Waals surface area contributed by atoms with Gasteiger partial charge in [0.15, 0.2) is 5.76 Å². The van der Waals surface area contributed by atoms with Crippen molar-refractivity contribution in [3.8, 4) is 0 Å². The highest BCUT2D eigenvalue weighted by Gasteiger charge is 2.37. The number of hydrogen-bond donors (Lipinski definition) is 0. The molecule has 0 spiro atoms. The fourth-order valence-electron chi connectivity index (χ4n) is 3.49. The molecule has 0 aromatic carbocycles. The highest BCUT2D eigenvalue weighted by Crippen LogP contribution is 2.28. The van der Waals surface area contributed by atoms with E-state index in [-0.39, 0.29) is 29.0 Å². The summed E-state index contributed by atoms with van der Waals surface area (Å²) in [5.41, 5.74) is 1.33. The Labute approximate surface area is 159 Å². The van der Waals surface area contributed by atoms with Gasteiger partial charge in [-0.2, -0.15) is 4.31 Å². The zero-order chi connectivity index (χ0) is 19.6. The van der Waals surface area contributed by atoms with Crippen LogP contribution in [0.25, 0.3) is 0 Å². The maximum atomic E-state index is 13.0. The molecule has 0 bridgehead atoms. The summed E-state index contributed by atoms with van der Waals surface area (Å²) < 4.78 is 32.4. The van der Waals surface area contributed by atoms with Crippen molar-refractivity contribution in [2.24, 2.45) is 5.92 Å². The molecule has 0 aliphatic carbocycles. The molecule has 1 aliphatic heterocycles. The molecule has 1 atom stereocenters. The SMILES string of the molecule is Cc1noc(C)c1S(=O)(=O)N1CCCC(C(=O)N(C)Cc2ccncc2)C1. The van der Waals surface area contributed by atoms with Crippen LogP contribution < -0.4 is 0 Å². The van der Waals surface area contributed by atoms with E-state index in [2.05, 4.69) is 10.1 Å². The Bertz CT molecular complexity index is 891. The Hall–Kier alpha value is -2.26. The van der Waals surface area contributed by atoms with Crippen molar-refractivity contribution in [1.82, 2.24) is 19.3 Å². The largest absolute Gasteiger partial charge is 0.360 e. The van der Waals surface area contributed by atoms with Crippen LogP contribution in [0, 0.1) is 19.8 Å². The monoisotopic (exact) mass is 392 g/mol. The van der Waals surface area contributed by atoms with Gasteiger partial charge in [0.25, 0.3) is 0 Å². The first kappa shape index (κ1) is 19.5. The molecule has 3 rings (SSSR count). The van der Waals surface area contributed by atoms with Gasteiger partial charge in [0.1, 0.15) is 10.6 Å². The highest BCUT2D eigenvalue weighted by atomic mass is 32.2. The smallest absolute Gasteiger partial charge is 0.248 e. The van der Waals surface area contributed by atoms with Gasteiger partial charge in [0.2, 0.25) is 15.9 Å². The Balaban J connectivity index is 1.73. The number of rotatable bonds is 5. The van der Waals surface area contributed by atoms with Crippen LogP contribution in [0.2, 0.25) is 0 Å². The van der Waals surface area contributed by atoms with E-state index in [0.717, 1.165) is 5.56 Å². The van der Waals surface area contributed by atoms with Crippen LogP contribution in [0.15, 0.2) is 33.9 Å². The molecule has 146 valence electrons. The molecular formula is C18H24N4O4S. The van der Waals surface area contributed by atoms with Crippen LogP contribution in [0.3, 0.4) is 0 Å². The Morgan fingerprint density at radius 3 is 2.67 bits per heavy atom. The Morgan fingerprint density at radius 1 is 1.33 bits per heavy atom. The van der Waals surface area contributed by atoms with Crippen LogP contribution in [0.4, 0.5) is 0 Å². The van der Waals surface area contributed by atoms with E-state index >= 15 is 0 Å². The molecular weight excluding hydrogens is 368 g/mol. The summed E-state index contributed by atoms with van der Waals surface area (Å²) in [6, 6.07) is 3.72. The summed E-state index contributed by atoms with van der Waals surface area (Å²) in [4.78, 5) is 18.6. The molecule has 0 radical (unpaired) electrons. The Morgan fingerprint density at radius 2 is 2.04 bits per heavy atom. The topological polar surface area (TPSA) is 96.6 Å². The van der Waals surface area contributed by atoms with E-state index < -0.39 is 10.0 Å². The number of piperidine rings is 1. The van der Waals surface area contributed by atoms with Gasteiger partial charge >= 0.3 is 0 Å². The minimum atomic E-state index is -3.73. The molecule has 8 nitrogen and oxygen atoms in total. The number of carbonyl (C=O) groups is 1. The first-order valence-electron chi connectivity index (χ1n) is 8.87. The first-order valence-corrected chi connectivity index (χ1v) is 10.3. The molecule has 1 aliphatic rings. The van der Waals surface area contributed by atoms with E-state index in [0.29, 0.717) is 31.6 Å². The van der Waals surface area contributed by atoms with Crippen molar-refractivity contribution in [3.05, 3.63) is 41.5 Å². The number of sulfonamides is 1. The number of amides is 1. The van der Waals surface area contributed by atoms with Crippen LogP contribution in [-0.2, 0) is 21.4 Å². The summed E-state index contributed by atoms with van der Waals surface area (Å²) in [5.74, 6) is -0.137. The van der Waals surface area contributed by atoms with Gasteiger partial charge in [-0.25, -0.2) is 8.42 Å². The van der Waals surface area contributed by atoms with Crippen LogP contribution in [0.1, 0.15) is 29.9 Å². The van der Waals surface area contributed by atoms with Crippen LogP contribution in [0.5, 0.6) is 0 Å². The van der Waals surface area contributed by atoms with Gasteiger partial charge < -0.3 is 9.42 Å². The zero-order valence-electron chi connectivity index (χ0n) is 15.8. The van der Waals surface area contributed by atoms with E-state index in [1.54, 1.807) is 38.2 Å². The van der Waals surface area contributed by atoms with E-state index in [4.69, 9.17) is 4.52 Å². The van der Waals surface area contributed by atoms with Gasteiger partial charge in [-0.05, 0) is 44.4 Å². The van der Waals surface area contributed by atoms with Gasteiger partial charge in [-0.3, -0.25) is 9.78 Å². The molecule has 9 heteroatoms. The number of nitrogens with zero attached hydrogens (tertiary/aromatic N) is 4. The molecule has 1 amide bonds. The van der Waals surface area contributed by atoms with Gasteiger partial charge in [-0.1, -0.05) is 5.16 Å². The lowest BCUT2D eigenvalue weighted by atomic mass is 9.98. The Kier molecular flexibility index (Phi) is 5.61. The molecule has 2 aromatic heterocycles. The zero-order valence-corrected chi connectivity index (χ0v) is 16.6. The highest BCUT2D eigenvalue weighted by molar-refractivity contribution is 7.89. The number of aromatic nitrogens is 2. The van der Waals surface area contributed by atoms with E-state index in [9.17, 15) is 13.2 Å². The van der Waals surface area contributed by atoms with Gasteiger partial charge in [0, 0.05) is 39.1 Å². The van der Waals surface area contributed by atoms with Crippen LogP contribution in [-0.4, -0.2) is 53.8 Å². The average Bonchev–Trinajstić information content (AvgIpc) is 3.01.